The summed E-state index contributed by atoms with van der Waals surface area (Å²) < 4.78 is 28.9. The number of likely N-dealkylation sites (tertiary alicyclic amines) is 1. The second-order valence-electron chi connectivity index (χ2n) is 8.78. The van der Waals surface area contributed by atoms with Crippen molar-refractivity contribution in [2.24, 2.45) is 4.40 Å². The summed E-state index contributed by atoms with van der Waals surface area (Å²) in [4.78, 5) is 15.1. The third kappa shape index (κ3) is 4.11. The minimum Gasteiger partial charge on any atom is -0.382 e. The van der Waals surface area contributed by atoms with Crippen molar-refractivity contribution in [3.05, 3.63) is 54.1 Å². The number of amides is 1. The first kappa shape index (κ1) is 21.0. The Morgan fingerprint density at radius 3 is 2.41 bits per heavy atom. The highest BCUT2D eigenvalue weighted by Gasteiger charge is 2.39. The molecule has 0 radical (unpaired) electrons. The lowest BCUT2D eigenvalue weighted by Gasteiger charge is -2.26. The lowest BCUT2D eigenvalue weighted by Crippen LogP contribution is -2.43. The minimum absolute atomic E-state index is 0.139. The van der Waals surface area contributed by atoms with E-state index < -0.39 is 16.1 Å². The van der Waals surface area contributed by atoms with Gasteiger partial charge in [0.25, 0.3) is 10.0 Å². The molecule has 1 amide bonds. The van der Waals surface area contributed by atoms with Crippen LogP contribution < -0.4 is 10.6 Å². The Hall–Kier alpha value is -2.87. The van der Waals surface area contributed by atoms with Crippen LogP contribution in [0, 0.1) is 0 Å². The number of carbonyl (C=O) groups excluding carboxylic acids is 1. The largest absolute Gasteiger partial charge is 0.382 e. The average Bonchev–Trinajstić information content (AvgIpc) is 3.39. The van der Waals surface area contributed by atoms with Gasteiger partial charge in [-0.15, -0.1) is 4.40 Å². The molecular weight excluding hydrogens is 424 g/mol. The van der Waals surface area contributed by atoms with E-state index in [0.717, 1.165) is 17.8 Å². The molecule has 168 valence electrons. The molecule has 5 rings (SSSR count). The summed E-state index contributed by atoms with van der Waals surface area (Å²) in [5, 5.41) is 6.58. The molecule has 0 unspecified atom stereocenters. The standard InChI is InChI=1S/C24H28N4O3S/c29-24(26-19-14-12-18(13-15-19)25-17-7-2-1-3-8-17)21-10-6-16-28(21)23-20-9-4-5-11-22(20)32(30,31)27-23/h4-5,9,11-15,17,21,25H,1-3,6-8,10,16H2,(H,26,29)/t21-/m0/s1. The second-order valence-corrected chi connectivity index (χ2v) is 10.4. The van der Waals surface area contributed by atoms with Gasteiger partial charge in [-0.3, -0.25) is 4.79 Å². The molecule has 2 N–H and O–H groups in total. The van der Waals surface area contributed by atoms with Crippen LogP contribution in [0.15, 0.2) is 57.8 Å². The monoisotopic (exact) mass is 452 g/mol. The number of hydrogen-bond donors (Lipinski definition) is 2. The van der Waals surface area contributed by atoms with Gasteiger partial charge in [-0.2, -0.15) is 8.42 Å². The third-order valence-corrected chi connectivity index (χ3v) is 7.89. The highest BCUT2D eigenvalue weighted by Crippen LogP contribution is 2.31. The number of hydrogen-bond acceptors (Lipinski definition) is 5. The number of anilines is 2. The Kier molecular flexibility index (Phi) is 5.63. The molecule has 1 aliphatic carbocycles. The van der Waals surface area contributed by atoms with Gasteiger partial charge in [0.05, 0.1) is 0 Å². The van der Waals surface area contributed by atoms with Gasteiger partial charge in [-0.05, 0) is 62.1 Å². The van der Waals surface area contributed by atoms with E-state index in [2.05, 4.69) is 15.0 Å². The maximum absolute atomic E-state index is 13.1. The van der Waals surface area contributed by atoms with E-state index in [9.17, 15) is 13.2 Å². The zero-order valence-corrected chi connectivity index (χ0v) is 18.8. The van der Waals surface area contributed by atoms with Crippen LogP contribution in [0.1, 0.15) is 50.5 Å². The van der Waals surface area contributed by atoms with Crippen molar-refractivity contribution in [1.82, 2.24) is 4.90 Å². The molecule has 1 atom stereocenters. The van der Waals surface area contributed by atoms with Crippen LogP contribution in [-0.4, -0.2) is 43.7 Å². The summed E-state index contributed by atoms with van der Waals surface area (Å²) in [6, 6.07) is 14.7. The second kappa shape index (κ2) is 8.58. The molecule has 2 aliphatic heterocycles. The topological polar surface area (TPSA) is 90.9 Å². The van der Waals surface area contributed by atoms with Gasteiger partial charge in [0, 0.05) is 29.5 Å². The van der Waals surface area contributed by atoms with Crippen molar-refractivity contribution < 1.29 is 13.2 Å². The number of sulfonamides is 1. The fraction of sp³-hybridized carbons (Fsp3) is 0.417. The smallest absolute Gasteiger partial charge is 0.285 e. The summed E-state index contributed by atoms with van der Waals surface area (Å²) >= 11 is 0. The Morgan fingerprint density at radius 2 is 1.62 bits per heavy atom. The molecule has 2 heterocycles. The summed E-state index contributed by atoms with van der Waals surface area (Å²) in [5.41, 5.74) is 2.38. The zero-order chi connectivity index (χ0) is 22.1. The van der Waals surface area contributed by atoms with Crippen molar-refractivity contribution in [3.63, 3.8) is 0 Å². The van der Waals surface area contributed by atoms with Crippen molar-refractivity contribution in [2.45, 2.75) is 61.9 Å². The molecule has 2 aromatic rings. The molecule has 0 spiro atoms. The minimum atomic E-state index is -3.71. The molecule has 0 aromatic heterocycles. The molecule has 1 saturated heterocycles. The quantitative estimate of drug-likeness (QED) is 0.732. The fourth-order valence-electron chi connectivity index (χ4n) is 4.95. The summed E-state index contributed by atoms with van der Waals surface area (Å²) in [5.74, 6) is 0.241. The highest BCUT2D eigenvalue weighted by molar-refractivity contribution is 7.90. The van der Waals surface area contributed by atoms with Gasteiger partial charge in [-0.1, -0.05) is 31.4 Å². The molecule has 8 heteroatoms. The van der Waals surface area contributed by atoms with E-state index in [-0.39, 0.29) is 10.8 Å². The van der Waals surface area contributed by atoms with Crippen LogP contribution in [-0.2, 0) is 14.8 Å². The van der Waals surface area contributed by atoms with E-state index >= 15 is 0 Å². The van der Waals surface area contributed by atoms with Gasteiger partial charge >= 0.3 is 0 Å². The Balaban J connectivity index is 1.27. The first-order valence-corrected chi connectivity index (χ1v) is 12.8. The lowest BCUT2D eigenvalue weighted by molar-refractivity contribution is -0.119. The van der Waals surface area contributed by atoms with Crippen LogP contribution in [0.3, 0.4) is 0 Å². The van der Waals surface area contributed by atoms with Crippen LogP contribution in [0.2, 0.25) is 0 Å². The van der Waals surface area contributed by atoms with E-state index in [1.165, 1.54) is 32.1 Å². The Bertz CT molecular complexity index is 1140. The van der Waals surface area contributed by atoms with Crippen LogP contribution >= 0.6 is 0 Å². The Morgan fingerprint density at radius 1 is 0.906 bits per heavy atom. The van der Waals surface area contributed by atoms with Crippen LogP contribution in [0.5, 0.6) is 0 Å². The molecule has 32 heavy (non-hydrogen) atoms. The number of fused-ring (bicyclic) bond motifs is 1. The number of amidine groups is 1. The molecule has 3 aliphatic rings. The lowest BCUT2D eigenvalue weighted by atomic mass is 9.95. The predicted octanol–water partition coefficient (Wildman–Crippen LogP) is 3.98. The highest BCUT2D eigenvalue weighted by atomic mass is 32.2. The average molecular weight is 453 g/mol. The maximum atomic E-state index is 13.1. The summed E-state index contributed by atoms with van der Waals surface area (Å²) in [7, 11) is -3.71. The Labute approximate surface area is 189 Å². The van der Waals surface area contributed by atoms with Gasteiger partial charge in [0.2, 0.25) is 5.91 Å². The van der Waals surface area contributed by atoms with Crippen LogP contribution in [0.25, 0.3) is 0 Å². The maximum Gasteiger partial charge on any atom is 0.285 e. The number of carbonyl (C=O) groups is 1. The normalized spacial score (nSPS) is 22.3. The van der Waals surface area contributed by atoms with Crippen molar-refractivity contribution in [3.8, 4) is 0 Å². The third-order valence-electron chi connectivity index (χ3n) is 6.57. The fourth-order valence-corrected chi connectivity index (χ4v) is 6.16. The SMILES string of the molecule is O=C(Nc1ccc(NC2CCCCC2)cc1)[C@@H]1CCCN1C1=NS(=O)(=O)c2ccccc21. The molecule has 2 aromatic carbocycles. The first-order chi connectivity index (χ1) is 15.5. The van der Waals surface area contributed by atoms with Crippen LogP contribution in [0.4, 0.5) is 11.4 Å². The number of nitrogens with one attached hydrogen (secondary N) is 2. The predicted molar refractivity (Wildman–Crippen MR) is 125 cm³/mol. The van der Waals surface area contributed by atoms with Gasteiger partial charge in [0.1, 0.15) is 10.9 Å². The van der Waals surface area contributed by atoms with E-state index in [0.29, 0.717) is 30.4 Å². The van der Waals surface area contributed by atoms with Crippen molar-refractivity contribution >= 4 is 33.1 Å². The zero-order valence-electron chi connectivity index (χ0n) is 18.0. The number of benzene rings is 2. The van der Waals surface area contributed by atoms with Gasteiger partial charge in [0.15, 0.2) is 5.84 Å². The molecule has 1 saturated carbocycles. The number of nitrogens with zero attached hydrogens (tertiary/aromatic N) is 2. The van der Waals surface area contributed by atoms with E-state index in [1.807, 2.05) is 29.2 Å². The molecule has 2 fully saturated rings. The molecule has 0 bridgehead atoms. The summed E-state index contributed by atoms with van der Waals surface area (Å²) in [6.45, 7) is 0.602. The molecule has 7 nitrogen and oxygen atoms in total. The first-order valence-electron chi connectivity index (χ1n) is 11.4. The van der Waals surface area contributed by atoms with Crippen molar-refractivity contribution in [2.75, 3.05) is 17.2 Å². The van der Waals surface area contributed by atoms with E-state index in [1.54, 1.807) is 24.3 Å². The van der Waals surface area contributed by atoms with Gasteiger partial charge < -0.3 is 15.5 Å². The van der Waals surface area contributed by atoms with Crippen molar-refractivity contribution in [1.29, 1.82) is 0 Å². The summed E-state index contributed by atoms with van der Waals surface area (Å²) in [6.07, 6.45) is 7.77. The van der Waals surface area contributed by atoms with E-state index in [4.69, 9.17) is 0 Å². The molecular formula is C24H28N4O3S. The van der Waals surface area contributed by atoms with Gasteiger partial charge in [-0.25, -0.2) is 0 Å². The number of rotatable bonds is 4.